The highest BCUT2D eigenvalue weighted by Crippen LogP contribution is 2.28. The van der Waals surface area contributed by atoms with Gasteiger partial charge in [0.15, 0.2) is 0 Å². The van der Waals surface area contributed by atoms with Crippen LogP contribution in [0, 0.1) is 0 Å². The van der Waals surface area contributed by atoms with Crippen molar-refractivity contribution in [3.63, 3.8) is 0 Å². The minimum Gasteiger partial charge on any atom is -0.486 e. The molecule has 1 N–H and O–H groups in total. The Labute approximate surface area is 130 Å². The van der Waals surface area contributed by atoms with Crippen molar-refractivity contribution in [1.82, 2.24) is 9.78 Å². The van der Waals surface area contributed by atoms with Gasteiger partial charge in [0.1, 0.15) is 12.4 Å². The van der Waals surface area contributed by atoms with Crippen LogP contribution in [0.2, 0.25) is 5.02 Å². The third-order valence-electron chi connectivity index (χ3n) is 3.39. The minimum absolute atomic E-state index is 0.425. The Balaban J connectivity index is 2.11. The number of hydrogen-bond donors (Lipinski definition) is 1. The number of hydrogen-bond acceptors (Lipinski definition) is 3. The molecule has 2 rings (SSSR count). The first-order chi connectivity index (χ1) is 10.0. The van der Waals surface area contributed by atoms with E-state index in [0.29, 0.717) is 17.4 Å². The summed E-state index contributed by atoms with van der Waals surface area (Å²) in [6, 6.07) is 7.40. The summed E-state index contributed by atoms with van der Waals surface area (Å²) in [5.41, 5.74) is 2.87. The van der Waals surface area contributed by atoms with Gasteiger partial charge < -0.3 is 9.84 Å². The van der Waals surface area contributed by atoms with E-state index in [1.54, 1.807) is 19.1 Å². The number of aromatic nitrogens is 2. The smallest absolute Gasteiger partial charge is 0.138 e. The molecule has 2 aromatic rings. The highest BCUT2D eigenvalue weighted by Gasteiger charge is 2.10. The molecule has 1 heterocycles. The van der Waals surface area contributed by atoms with E-state index in [1.807, 2.05) is 10.7 Å². The molecule has 1 aromatic carbocycles. The van der Waals surface area contributed by atoms with Gasteiger partial charge >= 0.3 is 0 Å². The number of rotatable bonds is 6. The van der Waals surface area contributed by atoms with Gasteiger partial charge in [0, 0.05) is 6.54 Å². The Morgan fingerprint density at radius 2 is 2.10 bits per heavy atom. The van der Waals surface area contributed by atoms with Crippen molar-refractivity contribution in [2.24, 2.45) is 0 Å². The molecule has 0 aliphatic carbocycles. The van der Waals surface area contributed by atoms with Crippen molar-refractivity contribution >= 4 is 11.6 Å². The molecule has 114 valence electrons. The summed E-state index contributed by atoms with van der Waals surface area (Å²) in [6.45, 7) is 7.08. The van der Waals surface area contributed by atoms with Crippen molar-refractivity contribution in [2.75, 3.05) is 0 Å². The molecule has 1 aromatic heterocycles. The fourth-order valence-corrected chi connectivity index (χ4v) is 2.37. The average molecular weight is 309 g/mol. The lowest BCUT2D eigenvalue weighted by Gasteiger charge is -2.11. The van der Waals surface area contributed by atoms with Crippen molar-refractivity contribution in [3.05, 3.63) is 46.2 Å². The highest BCUT2D eigenvalue weighted by molar-refractivity contribution is 6.32. The quantitative estimate of drug-likeness (QED) is 0.884. The normalized spacial score (nSPS) is 12.4. The number of ether oxygens (including phenoxy) is 1. The molecule has 4 nitrogen and oxygen atoms in total. The molecular formula is C16H21ClN2O2. The van der Waals surface area contributed by atoms with Crippen LogP contribution in [0.5, 0.6) is 5.75 Å². The van der Waals surface area contributed by atoms with Crippen molar-refractivity contribution in [2.45, 2.75) is 46.4 Å². The number of benzene rings is 1. The van der Waals surface area contributed by atoms with E-state index in [9.17, 15) is 5.11 Å². The Hall–Kier alpha value is -1.52. The zero-order chi connectivity index (χ0) is 15.4. The molecule has 0 fully saturated rings. The van der Waals surface area contributed by atoms with Crippen LogP contribution in [-0.4, -0.2) is 14.9 Å². The molecular weight excluding hydrogens is 288 g/mol. The van der Waals surface area contributed by atoms with Crippen molar-refractivity contribution in [1.29, 1.82) is 0 Å². The highest BCUT2D eigenvalue weighted by atomic mass is 35.5. The summed E-state index contributed by atoms with van der Waals surface area (Å²) < 4.78 is 7.72. The maximum Gasteiger partial charge on any atom is 0.138 e. The Kier molecular flexibility index (Phi) is 5.26. The first-order valence-electron chi connectivity index (χ1n) is 7.21. The number of aliphatic hydroxyl groups excluding tert-OH is 1. The molecule has 0 saturated carbocycles. The Morgan fingerprint density at radius 1 is 1.33 bits per heavy atom. The molecule has 0 spiro atoms. The summed E-state index contributed by atoms with van der Waals surface area (Å²) in [5, 5.41) is 14.5. The molecule has 0 amide bonds. The molecule has 0 unspecified atom stereocenters. The van der Waals surface area contributed by atoms with Gasteiger partial charge in [-0.2, -0.15) is 5.10 Å². The second-order valence-corrected chi connectivity index (χ2v) is 5.36. The first-order valence-corrected chi connectivity index (χ1v) is 7.58. The van der Waals surface area contributed by atoms with Crippen LogP contribution in [0.3, 0.4) is 0 Å². The average Bonchev–Trinajstić information content (AvgIpc) is 2.88. The van der Waals surface area contributed by atoms with Gasteiger partial charge in [-0.05, 0) is 44.0 Å². The lowest BCUT2D eigenvalue weighted by Crippen LogP contribution is -2.06. The predicted octanol–water partition coefficient (Wildman–Crippen LogP) is 3.75. The van der Waals surface area contributed by atoms with Gasteiger partial charge in [0.2, 0.25) is 0 Å². The maximum absolute atomic E-state index is 9.53. The predicted molar refractivity (Wildman–Crippen MR) is 83.7 cm³/mol. The van der Waals surface area contributed by atoms with E-state index < -0.39 is 6.10 Å². The summed E-state index contributed by atoms with van der Waals surface area (Å²) in [4.78, 5) is 0. The van der Waals surface area contributed by atoms with E-state index in [2.05, 4.69) is 25.0 Å². The monoisotopic (exact) mass is 308 g/mol. The molecule has 0 aliphatic rings. The molecule has 0 bridgehead atoms. The standard InChI is InChI=1S/C16H21ClN2O2/c1-4-13-9-14(19(5-2)18-13)10-21-16-7-6-12(11(3)20)8-15(16)17/h6-9,11,20H,4-5,10H2,1-3H3/t11-/m1/s1. The number of nitrogens with zero attached hydrogens (tertiary/aromatic N) is 2. The molecule has 1 atom stereocenters. The Morgan fingerprint density at radius 3 is 2.67 bits per heavy atom. The van der Waals surface area contributed by atoms with E-state index in [0.717, 1.165) is 29.9 Å². The van der Waals surface area contributed by atoms with Gasteiger partial charge in [-0.15, -0.1) is 0 Å². The molecule has 5 heteroatoms. The van der Waals surface area contributed by atoms with Crippen molar-refractivity contribution in [3.8, 4) is 5.75 Å². The van der Waals surface area contributed by atoms with Crippen LogP contribution in [0.4, 0.5) is 0 Å². The van der Waals surface area contributed by atoms with Crippen LogP contribution in [0.1, 0.15) is 43.8 Å². The first kappa shape index (κ1) is 15.9. The third-order valence-corrected chi connectivity index (χ3v) is 3.68. The number of aliphatic hydroxyl groups is 1. The topological polar surface area (TPSA) is 47.3 Å². The second kappa shape index (κ2) is 6.96. The van der Waals surface area contributed by atoms with Gasteiger partial charge in [-0.1, -0.05) is 24.6 Å². The van der Waals surface area contributed by atoms with Crippen LogP contribution in [0.25, 0.3) is 0 Å². The van der Waals surface area contributed by atoms with Gasteiger partial charge in [-0.25, -0.2) is 0 Å². The zero-order valence-electron chi connectivity index (χ0n) is 12.6. The Bertz CT molecular complexity index is 608. The van der Waals surface area contributed by atoms with Crippen LogP contribution in [0.15, 0.2) is 24.3 Å². The molecule has 0 saturated heterocycles. The number of halogens is 1. The zero-order valence-corrected chi connectivity index (χ0v) is 13.4. The van der Waals surface area contributed by atoms with Crippen molar-refractivity contribution < 1.29 is 9.84 Å². The second-order valence-electron chi connectivity index (χ2n) is 4.95. The summed E-state index contributed by atoms with van der Waals surface area (Å²) in [5.74, 6) is 0.614. The fraction of sp³-hybridized carbons (Fsp3) is 0.438. The minimum atomic E-state index is -0.537. The van der Waals surface area contributed by atoms with Gasteiger partial charge in [0.25, 0.3) is 0 Å². The molecule has 0 radical (unpaired) electrons. The molecule has 0 aliphatic heterocycles. The number of aryl methyl sites for hydroxylation is 2. The maximum atomic E-state index is 9.53. The summed E-state index contributed by atoms with van der Waals surface area (Å²) >= 11 is 6.19. The third kappa shape index (κ3) is 3.77. The summed E-state index contributed by atoms with van der Waals surface area (Å²) in [6.07, 6.45) is 0.370. The molecule has 21 heavy (non-hydrogen) atoms. The van der Waals surface area contributed by atoms with Crippen LogP contribution < -0.4 is 4.74 Å². The van der Waals surface area contributed by atoms with E-state index >= 15 is 0 Å². The van der Waals surface area contributed by atoms with E-state index in [4.69, 9.17) is 16.3 Å². The lowest BCUT2D eigenvalue weighted by atomic mass is 10.1. The largest absolute Gasteiger partial charge is 0.486 e. The van der Waals surface area contributed by atoms with Gasteiger partial charge in [0.05, 0.1) is 22.5 Å². The van der Waals surface area contributed by atoms with Crippen LogP contribution >= 0.6 is 11.6 Å². The van der Waals surface area contributed by atoms with E-state index in [-0.39, 0.29) is 0 Å². The SMILES string of the molecule is CCc1cc(COc2ccc([C@@H](C)O)cc2Cl)n(CC)n1. The van der Waals surface area contributed by atoms with Crippen LogP contribution in [-0.2, 0) is 19.6 Å². The fourth-order valence-electron chi connectivity index (χ4n) is 2.12. The lowest BCUT2D eigenvalue weighted by molar-refractivity contribution is 0.199. The summed E-state index contributed by atoms with van der Waals surface area (Å²) in [7, 11) is 0. The van der Waals surface area contributed by atoms with E-state index in [1.165, 1.54) is 0 Å². The van der Waals surface area contributed by atoms with Gasteiger partial charge in [-0.3, -0.25) is 4.68 Å².